The number of phenolic OH excluding ortho intramolecular Hbond substituents is 1. The molecule has 3 heterocycles. The van der Waals surface area contributed by atoms with Gasteiger partial charge >= 0.3 is 0 Å². The fourth-order valence-corrected chi connectivity index (χ4v) is 5.79. The number of hydrogen-bond donors (Lipinski definition) is 2. The summed E-state index contributed by atoms with van der Waals surface area (Å²) in [5.74, 6) is 0.702. The Kier molecular flexibility index (Phi) is 5.23. The van der Waals surface area contributed by atoms with E-state index in [2.05, 4.69) is 77.1 Å². The van der Waals surface area contributed by atoms with Crippen molar-refractivity contribution in [3.05, 3.63) is 99.0 Å². The molecule has 8 heteroatoms. The number of hydrogen-bond acceptors (Lipinski definition) is 5. The molecule has 0 unspecified atom stereocenters. The molecule has 37 heavy (non-hydrogen) atoms. The van der Waals surface area contributed by atoms with Gasteiger partial charge in [0.05, 0.1) is 29.0 Å². The van der Waals surface area contributed by atoms with Crippen LogP contribution in [0.1, 0.15) is 16.7 Å². The number of anilines is 2. The SMILES string of the molecule is Oc1cc(N=Cc2ccc3c(c2)CN2CN3Cc3cc(Br)ccc32)ccc1-c1nc2ccc(Cl)cc2[nH]1. The van der Waals surface area contributed by atoms with Crippen LogP contribution in [0.3, 0.4) is 0 Å². The van der Waals surface area contributed by atoms with Crippen molar-refractivity contribution in [3.63, 3.8) is 0 Å². The van der Waals surface area contributed by atoms with E-state index in [1.807, 2.05) is 30.5 Å². The van der Waals surface area contributed by atoms with Gasteiger partial charge in [0.25, 0.3) is 0 Å². The van der Waals surface area contributed by atoms with Crippen LogP contribution in [0.2, 0.25) is 5.02 Å². The van der Waals surface area contributed by atoms with Crippen molar-refractivity contribution in [2.75, 3.05) is 16.5 Å². The van der Waals surface area contributed by atoms with Gasteiger partial charge in [0.2, 0.25) is 0 Å². The second kappa shape index (κ2) is 8.64. The van der Waals surface area contributed by atoms with Crippen LogP contribution in [0.25, 0.3) is 22.4 Å². The maximum atomic E-state index is 10.7. The molecule has 0 atom stereocenters. The lowest BCUT2D eigenvalue weighted by Gasteiger charge is -2.44. The quantitative estimate of drug-likeness (QED) is 0.222. The number of fused-ring (bicyclic) bond motifs is 7. The predicted molar refractivity (Wildman–Crippen MR) is 153 cm³/mol. The number of benzene rings is 4. The van der Waals surface area contributed by atoms with Crippen molar-refractivity contribution in [1.82, 2.24) is 9.97 Å². The number of nitrogens with one attached hydrogen (secondary N) is 1. The molecular formula is C29H21BrClN5O. The topological polar surface area (TPSA) is 67.8 Å². The Labute approximate surface area is 227 Å². The van der Waals surface area contributed by atoms with E-state index < -0.39 is 0 Å². The molecule has 5 aromatic rings. The van der Waals surface area contributed by atoms with Gasteiger partial charge in [-0.2, -0.15) is 0 Å². The van der Waals surface area contributed by atoms with Gasteiger partial charge in [-0.25, -0.2) is 4.98 Å². The molecule has 2 N–H and O–H groups in total. The Bertz CT molecular complexity index is 1730. The van der Waals surface area contributed by atoms with Crippen LogP contribution in [-0.4, -0.2) is 28.0 Å². The Morgan fingerprint density at radius 1 is 0.919 bits per heavy atom. The highest BCUT2D eigenvalue weighted by molar-refractivity contribution is 9.10. The van der Waals surface area contributed by atoms with Crippen molar-refractivity contribution in [2.45, 2.75) is 13.1 Å². The number of aromatic hydroxyl groups is 1. The fraction of sp³-hybridized carbons (Fsp3) is 0.103. The van der Waals surface area contributed by atoms with Gasteiger partial charge in [-0.1, -0.05) is 33.6 Å². The molecule has 2 aliphatic rings. The summed E-state index contributed by atoms with van der Waals surface area (Å²) in [6.07, 6.45) is 1.85. The van der Waals surface area contributed by atoms with E-state index in [1.54, 1.807) is 12.1 Å². The first kappa shape index (κ1) is 22.4. The van der Waals surface area contributed by atoms with Crippen molar-refractivity contribution in [2.24, 2.45) is 4.99 Å². The largest absolute Gasteiger partial charge is 0.507 e. The predicted octanol–water partition coefficient (Wildman–Crippen LogP) is 7.40. The Balaban J connectivity index is 1.13. The first-order valence-electron chi connectivity index (χ1n) is 11.9. The lowest BCUT2D eigenvalue weighted by Crippen LogP contribution is -2.46. The summed E-state index contributed by atoms with van der Waals surface area (Å²) in [5, 5.41) is 11.3. The third-order valence-electron chi connectivity index (χ3n) is 6.93. The summed E-state index contributed by atoms with van der Waals surface area (Å²) in [6, 6.07) is 23.8. The molecular weight excluding hydrogens is 550 g/mol. The van der Waals surface area contributed by atoms with Crippen LogP contribution in [0.15, 0.2) is 82.3 Å². The van der Waals surface area contributed by atoms with E-state index in [9.17, 15) is 5.11 Å². The van der Waals surface area contributed by atoms with Crippen LogP contribution < -0.4 is 9.80 Å². The standard InChI is InChI=1S/C29H21BrClN5O/c30-20-2-8-27-19(10-20)15-36-16-35(27)14-18-9-17(1-7-26(18)36)13-32-22-4-5-23(28(37)12-22)29-33-24-6-3-21(31)11-25(24)34-29/h1-13,37H,14-16H2,(H,33,34). The molecule has 0 fully saturated rings. The highest BCUT2D eigenvalue weighted by Crippen LogP contribution is 2.39. The second-order valence-electron chi connectivity index (χ2n) is 9.41. The van der Waals surface area contributed by atoms with Crippen molar-refractivity contribution >= 4 is 61.8 Å². The Morgan fingerprint density at radius 3 is 2.51 bits per heavy atom. The molecule has 2 bridgehead atoms. The number of aromatic nitrogens is 2. The molecule has 0 amide bonds. The zero-order valence-electron chi connectivity index (χ0n) is 19.6. The third kappa shape index (κ3) is 4.04. The van der Waals surface area contributed by atoms with Gasteiger partial charge in [0.1, 0.15) is 11.6 Å². The lowest BCUT2D eigenvalue weighted by atomic mass is 10.0. The number of phenols is 1. The van der Waals surface area contributed by atoms with E-state index in [0.29, 0.717) is 22.1 Å². The minimum Gasteiger partial charge on any atom is -0.507 e. The number of H-pyrrole nitrogens is 1. The van der Waals surface area contributed by atoms with Gasteiger partial charge in [-0.3, -0.25) is 4.99 Å². The van der Waals surface area contributed by atoms with Gasteiger partial charge in [0, 0.05) is 46.2 Å². The number of aromatic amines is 1. The average Bonchev–Trinajstić information content (AvgIpc) is 3.30. The first-order valence-corrected chi connectivity index (χ1v) is 13.1. The number of rotatable bonds is 3. The second-order valence-corrected chi connectivity index (χ2v) is 10.8. The summed E-state index contributed by atoms with van der Waals surface area (Å²) in [4.78, 5) is 17.2. The molecule has 1 aromatic heterocycles. The van der Waals surface area contributed by atoms with Crippen LogP contribution in [0, 0.1) is 0 Å². The van der Waals surface area contributed by atoms with Gasteiger partial charge < -0.3 is 19.9 Å². The lowest BCUT2D eigenvalue weighted by molar-refractivity contribution is 0.477. The maximum Gasteiger partial charge on any atom is 0.142 e. The Morgan fingerprint density at radius 2 is 1.70 bits per heavy atom. The summed E-state index contributed by atoms with van der Waals surface area (Å²) in [6.45, 7) is 2.66. The van der Waals surface area contributed by atoms with E-state index in [-0.39, 0.29) is 5.75 Å². The van der Waals surface area contributed by atoms with Gasteiger partial charge in [-0.05, 0) is 77.4 Å². The van der Waals surface area contributed by atoms with Gasteiger partial charge in [0.15, 0.2) is 0 Å². The molecule has 4 aromatic carbocycles. The molecule has 0 radical (unpaired) electrons. The van der Waals surface area contributed by atoms with Crippen molar-refractivity contribution < 1.29 is 5.11 Å². The molecule has 0 saturated heterocycles. The highest BCUT2D eigenvalue weighted by atomic mass is 79.9. The summed E-state index contributed by atoms with van der Waals surface area (Å²) in [7, 11) is 0. The minimum atomic E-state index is 0.115. The number of nitrogens with zero attached hydrogens (tertiary/aromatic N) is 4. The normalized spacial score (nSPS) is 14.3. The number of imidazole rings is 1. The molecule has 182 valence electrons. The van der Waals surface area contributed by atoms with E-state index in [4.69, 9.17) is 11.6 Å². The van der Waals surface area contributed by atoms with Crippen molar-refractivity contribution in [1.29, 1.82) is 0 Å². The molecule has 0 spiro atoms. The van der Waals surface area contributed by atoms with E-state index in [1.165, 1.54) is 22.5 Å². The summed E-state index contributed by atoms with van der Waals surface area (Å²) < 4.78 is 1.11. The van der Waals surface area contributed by atoms with Gasteiger partial charge in [-0.15, -0.1) is 0 Å². The highest BCUT2D eigenvalue weighted by Gasteiger charge is 2.29. The Hall–Kier alpha value is -3.81. The van der Waals surface area contributed by atoms with E-state index in [0.717, 1.165) is 40.8 Å². The smallest absolute Gasteiger partial charge is 0.142 e. The van der Waals surface area contributed by atoms with Crippen LogP contribution in [-0.2, 0) is 13.1 Å². The molecule has 2 aliphatic heterocycles. The molecule has 7 rings (SSSR count). The van der Waals surface area contributed by atoms with E-state index >= 15 is 0 Å². The van der Waals surface area contributed by atoms with Crippen molar-refractivity contribution in [3.8, 4) is 17.1 Å². The summed E-state index contributed by atoms with van der Waals surface area (Å²) >= 11 is 9.68. The first-order chi connectivity index (χ1) is 18.0. The van der Waals surface area contributed by atoms with Crippen LogP contribution >= 0.6 is 27.5 Å². The zero-order valence-corrected chi connectivity index (χ0v) is 22.0. The zero-order chi connectivity index (χ0) is 25.1. The maximum absolute atomic E-state index is 10.7. The molecule has 0 aliphatic carbocycles. The minimum absolute atomic E-state index is 0.115. The fourth-order valence-electron chi connectivity index (χ4n) is 5.21. The van der Waals surface area contributed by atoms with Crippen LogP contribution in [0.5, 0.6) is 5.75 Å². The monoisotopic (exact) mass is 569 g/mol. The number of halogens is 2. The average molecular weight is 571 g/mol. The van der Waals surface area contributed by atoms with Crippen LogP contribution in [0.4, 0.5) is 17.1 Å². The number of aliphatic imine (C=N–C) groups is 1. The molecule has 0 saturated carbocycles. The third-order valence-corrected chi connectivity index (χ3v) is 7.66. The summed E-state index contributed by atoms with van der Waals surface area (Å²) in [5.41, 5.74) is 9.11. The molecule has 6 nitrogen and oxygen atoms in total.